The zero-order valence-corrected chi connectivity index (χ0v) is 73.8. The van der Waals surface area contributed by atoms with E-state index in [4.69, 9.17) is 28.4 Å². The monoisotopic (exact) mass is 1640 g/mol. The number of Topliss-reactive ketones (excluding diaryl/α,β-unsaturated/α-hetero) is 2. The van der Waals surface area contributed by atoms with Crippen molar-refractivity contribution in [2.75, 3.05) is 66.7 Å². The zero-order chi connectivity index (χ0) is 86.6. The number of ether oxygens (including phenoxy) is 6. The van der Waals surface area contributed by atoms with Gasteiger partial charge in [-0.05, 0) is 138 Å². The van der Waals surface area contributed by atoms with Crippen LogP contribution >= 0.6 is 0 Å². The van der Waals surface area contributed by atoms with Crippen LogP contribution in [0.15, 0.2) is 77.9 Å². The van der Waals surface area contributed by atoms with Gasteiger partial charge in [0, 0.05) is 89.5 Å². The highest BCUT2D eigenvalue weighted by atomic mass is 28.3. The molecule has 1 saturated heterocycles. The highest BCUT2D eigenvalue weighted by Crippen LogP contribution is 2.48. The first-order valence-electron chi connectivity index (χ1n) is 41.9. The fraction of sp³-hybridized carbons (Fsp3) is 0.670. The second-order valence-corrected chi connectivity index (χ2v) is 39.4. The Kier molecular flexibility index (Phi) is 43.3. The van der Waals surface area contributed by atoms with Gasteiger partial charge in [-0.1, -0.05) is 175 Å². The normalized spacial score (nSPS) is 22.3. The fourth-order valence-corrected chi connectivity index (χ4v) is 16.1. The van der Waals surface area contributed by atoms with Gasteiger partial charge in [-0.25, -0.2) is 14.4 Å². The van der Waals surface area contributed by atoms with Crippen molar-refractivity contribution in [2.45, 2.75) is 292 Å². The molecule has 1 unspecified atom stereocenters. The van der Waals surface area contributed by atoms with Crippen LogP contribution in [-0.4, -0.2) is 215 Å². The first-order chi connectivity index (χ1) is 54.7. The molecule has 116 heavy (non-hydrogen) atoms. The third-order valence-electron chi connectivity index (χ3n) is 22.6. The SMILES string of the molecule is C/C=C(\C)[C@H]1OC(=O)[C@@H](C)NC(=O)[C@H]([C@H](C)CC)NC(=O)CN(C)C(=O)[C@@H](Cc2ccccc2)N(C)C(=O)[C@H](C)NC(=O)[C@@H](CC(C)C)OC(=O)/C(C)=C/C[C@H](OC(=O)NCCCCCCOCCOCCCCC(=O)OCc2ccc(CCN[C@H](C(=O)C(=O)CCCCCN3C(=O)CC([Si](C)(C)C(C)(C)C)C3=O)C(C)C)cc2)[C@@H]1C. The quantitative estimate of drug-likeness (QED) is 0.00789. The predicted octanol–water partition coefficient (Wildman–Crippen LogP) is 11.0. The van der Waals surface area contributed by atoms with Crippen LogP contribution in [0.1, 0.15) is 217 Å². The molecule has 11 atom stereocenters. The summed E-state index contributed by atoms with van der Waals surface area (Å²) in [5.41, 5.74) is 3.01. The van der Waals surface area contributed by atoms with Crippen LogP contribution in [0.4, 0.5) is 4.79 Å². The number of carbonyl (C=O) groups is 13. The minimum Gasteiger partial charge on any atom is -0.461 e. The minimum absolute atomic E-state index is 0.0167. The predicted molar refractivity (Wildman–Crippen MR) is 447 cm³/mol. The van der Waals surface area contributed by atoms with E-state index in [1.807, 2.05) is 58.9 Å². The number of rotatable bonds is 39. The van der Waals surface area contributed by atoms with Crippen molar-refractivity contribution in [3.63, 3.8) is 0 Å². The Morgan fingerprint density at radius 3 is 1.94 bits per heavy atom. The van der Waals surface area contributed by atoms with E-state index in [9.17, 15) is 62.3 Å². The first-order valence-corrected chi connectivity index (χ1v) is 45.0. The number of carbonyl (C=O) groups excluding carboxylic acids is 13. The molecule has 1 fully saturated rings. The summed E-state index contributed by atoms with van der Waals surface area (Å²) in [6.45, 7) is 34.0. The van der Waals surface area contributed by atoms with Crippen LogP contribution in [-0.2, 0) is 105 Å². The molecule has 0 spiro atoms. The average molecular weight is 1640 g/mol. The lowest BCUT2D eigenvalue weighted by molar-refractivity contribution is -0.155. The van der Waals surface area contributed by atoms with Crippen molar-refractivity contribution in [1.82, 2.24) is 41.3 Å². The number of esters is 3. The van der Waals surface area contributed by atoms with Crippen LogP contribution < -0.4 is 26.6 Å². The van der Waals surface area contributed by atoms with Crippen LogP contribution in [0.25, 0.3) is 0 Å². The summed E-state index contributed by atoms with van der Waals surface area (Å²) in [6, 6.07) is 11.3. The van der Waals surface area contributed by atoms with Gasteiger partial charge in [0.05, 0.1) is 33.9 Å². The highest BCUT2D eigenvalue weighted by Gasteiger charge is 2.52. The number of alkyl carbamates (subject to hydrolysis) is 1. The number of nitrogens with one attached hydrogen (secondary N) is 5. The Hall–Kier alpha value is -8.47. The zero-order valence-electron chi connectivity index (χ0n) is 72.8. The average Bonchev–Trinajstić information content (AvgIpc) is 1.60. The second kappa shape index (κ2) is 50.3. The topological polar surface area (TPSA) is 347 Å². The van der Waals surface area contributed by atoms with Gasteiger partial charge in [0.1, 0.15) is 43.0 Å². The molecular weight excluding hydrogens is 1500 g/mol. The smallest absolute Gasteiger partial charge is 0.407 e. The van der Waals surface area contributed by atoms with Gasteiger partial charge in [-0.15, -0.1) is 0 Å². The van der Waals surface area contributed by atoms with E-state index in [2.05, 4.69) is 60.4 Å². The molecule has 8 amide bonds. The number of cyclic esters (lactones) is 2. The van der Waals surface area contributed by atoms with Crippen molar-refractivity contribution in [1.29, 1.82) is 0 Å². The number of benzene rings is 2. The molecule has 0 aromatic heterocycles. The molecule has 2 aliphatic heterocycles. The van der Waals surface area contributed by atoms with E-state index in [-0.39, 0.29) is 97.4 Å². The number of hydrogen-bond donors (Lipinski definition) is 5. The van der Waals surface area contributed by atoms with Crippen molar-refractivity contribution in [3.05, 3.63) is 94.6 Å². The number of imide groups is 1. The van der Waals surface area contributed by atoms with E-state index < -0.39 is 134 Å². The molecule has 2 heterocycles. The Morgan fingerprint density at radius 2 is 1.32 bits per heavy atom. The molecule has 0 saturated carbocycles. The second-order valence-electron chi connectivity index (χ2n) is 33.7. The van der Waals surface area contributed by atoms with E-state index in [1.54, 1.807) is 64.1 Å². The van der Waals surface area contributed by atoms with Crippen molar-refractivity contribution in [2.24, 2.45) is 23.7 Å². The summed E-state index contributed by atoms with van der Waals surface area (Å²) >= 11 is 0. The standard InChI is InChI=1S/C88H138N8O19Si/c1-20-59(7)77-81(103)92-64(12)86(108)115-79(60(8)21-2)62(10)70(43-38-61(9)85(107)113-71(52-57(3)4)80(102)91-63(11)82(104)95(17)68(53-66-34-26-24-27-35-66)83(105)94(16)55-73(98)93-77)114-87(109)90-45-30-22-23-32-48-110-50-51-111-49-33-29-37-75(100)112-56-67-41-39-65(40-42-67)44-46-89-76(58(5)6)78(101)69(97)36-28-25-31-47-96-74(99)54-72(84(96)106)116(18,19)88(13,14)15/h21,24,26-27,34-35,38-42,57-59,62-64,68,70-72,76-77,79,89H,20,22-23,25,28-33,36-37,43-56H2,1-19H3,(H,90,109)(H,91,102)(H,92,103)(H,93,98)/b60-21+,61-38+/t59-,62+,63+,64-,68-,70+,71-,72?,76+,77+,79-/m1/s1. The van der Waals surface area contributed by atoms with Crippen LogP contribution in [0.2, 0.25) is 23.7 Å². The summed E-state index contributed by atoms with van der Waals surface area (Å²) in [4.78, 5) is 181. The Labute approximate surface area is 690 Å². The highest BCUT2D eigenvalue weighted by molar-refractivity contribution is 6.84. The molecule has 4 rings (SSSR count). The number of amides is 8. The lowest BCUT2D eigenvalue weighted by Crippen LogP contribution is -2.57. The van der Waals surface area contributed by atoms with Crippen molar-refractivity contribution >= 4 is 85.0 Å². The molecular formula is C88H138N8O19Si. The molecule has 0 radical (unpaired) electrons. The third kappa shape index (κ3) is 33.1. The van der Waals surface area contributed by atoms with Gasteiger partial charge in [0.25, 0.3) is 5.91 Å². The third-order valence-corrected chi connectivity index (χ3v) is 28.7. The summed E-state index contributed by atoms with van der Waals surface area (Å²) in [6.07, 6.45) is 6.80. The summed E-state index contributed by atoms with van der Waals surface area (Å²) < 4.78 is 35.2. The Morgan fingerprint density at radius 1 is 0.707 bits per heavy atom. The van der Waals surface area contributed by atoms with E-state index in [1.165, 1.54) is 50.7 Å². The first kappa shape index (κ1) is 99.9. The Balaban J connectivity index is 1.21. The van der Waals surface area contributed by atoms with E-state index >= 15 is 0 Å². The van der Waals surface area contributed by atoms with Gasteiger partial charge in [0.2, 0.25) is 41.2 Å². The molecule has 27 nitrogen and oxygen atoms in total. The van der Waals surface area contributed by atoms with Gasteiger partial charge in [0.15, 0.2) is 11.9 Å². The number of nitrogens with zero attached hydrogens (tertiary/aromatic N) is 3. The summed E-state index contributed by atoms with van der Waals surface area (Å²) in [5, 5.41) is 14.2. The van der Waals surface area contributed by atoms with Gasteiger partial charge < -0.3 is 64.8 Å². The van der Waals surface area contributed by atoms with Gasteiger partial charge >= 0.3 is 24.0 Å². The van der Waals surface area contributed by atoms with Gasteiger partial charge in [-0.2, -0.15) is 0 Å². The fourth-order valence-electron chi connectivity index (χ4n) is 13.6. The summed E-state index contributed by atoms with van der Waals surface area (Å²) in [5.74, 6) is -7.82. The minimum atomic E-state index is -2.04. The molecule has 0 aliphatic carbocycles. The number of ketones is 2. The maximum Gasteiger partial charge on any atom is 0.407 e. The number of likely N-dealkylation sites (tertiary alicyclic amines) is 1. The van der Waals surface area contributed by atoms with Gasteiger partial charge in [-0.3, -0.25) is 52.8 Å². The number of unbranched alkanes of at least 4 members (excludes halogenated alkanes) is 6. The largest absolute Gasteiger partial charge is 0.461 e. The Bertz CT molecular complexity index is 3620. The maximum absolute atomic E-state index is 14.4. The lowest BCUT2D eigenvalue weighted by Gasteiger charge is -2.40. The number of hydrogen-bond acceptors (Lipinski definition) is 20. The lowest BCUT2D eigenvalue weighted by atomic mass is 9.90. The molecule has 0 bridgehead atoms. The molecule has 28 heteroatoms. The molecule has 648 valence electrons. The van der Waals surface area contributed by atoms with E-state index in [0.717, 1.165) is 35.3 Å². The molecule has 2 aliphatic rings. The molecule has 5 N–H and O–H groups in total. The van der Waals surface area contributed by atoms with Crippen LogP contribution in [0.3, 0.4) is 0 Å². The number of likely N-dealkylation sites (N-methyl/N-ethyl adjacent to an activating group) is 2. The number of allylic oxidation sites excluding steroid dienone is 1. The van der Waals surface area contributed by atoms with E-state index in [0.29, 0.717) is 102 Å². The van der Waals surface area contributed by atoms with Crippen LogP contribution in [0.5, 0.6) is 0 Å². The van der Waals surface area contributed by atoms with Crippen molar-refractivity contribution < 1.29 is 90.8 Å². The maximum atomic E-state index is 14.4. The van der Waals surface area contributed by atoms with Crippen LogP contribution in [0, 0.1) is 23.7 Å². The van der Waals surface area contributed by atoms with Crippen molar-refractivity contribution in [3.8, 4) is 0 Å². The molecule has 2 aromatic rings. The summed E-state index contributed by atoms with van der Waals surface area (Å²) in [7, 11) is 0.788. The molecule has 2 aromatic carbocycles.